The molecular weight excluding hydrogens is 296 g/mol. The van der Waals surface area contributed by atoms with Crippen molar-refractivity contribution in [1.29, 1.82) is 0 Å². The molecule has 3 N–H and O–H groups in total. The Hall–Kier alpha value is -2.37. The molecule has 6 nitrogen and oxygen atoms in total. The van der Waals surface area contributed by atoms with Crippen LogP contribution in [-0.2, 0) is 14.4 Å². The Balaban J connectivity index is 2.76. The van der Waals surface area contributed by atoms with Crippen LogP contribution in [0.1, 0.15) is 39.3 Å². The molecule has 0 bridgehead atoms. The first kappa shape index (κ1) is 18.7. The van der Waals surface area contributed by atoms with Gasteiger partial charge in [-0.05, 0) is 12.5 Å². The molecular formula is C17H24N2O4. The van der Waals surface area contributed by atoms with Gasteiger partial charge in [-0.1, -0.05) is 51.1 Å². The Bertz CT molecular complexity index is 564. The molecule has 0 aromatic heterocycles. The smallest absolute Gasteiger partial charge is 0.308 e. The molecule has 0 fully saturated rings. The monoisotopic (exact) mass is 320 g/mol. The van der Waals surface area contributed by atoms with Crippen molar-refractivity contribution in [3.05, 3.63) is 35.9 Å². The highest BCUT2D eigenvalue weighted by molar-refractivity contribution is 5.87. The zero-order valence-corrected chi connectivity index (χ0v) is 13.9. The molecule has 0 saturated heterocycles. The first-order valence-electron chi connectivity index (χ1n) is 7.48. The molecule has 0 aliphatic rings. The van der Waals surface area contributed by atoms with Gasteiger partial charge in [-0.25, -0.2) is 0 Å². The fourth-order valence-corrected chi connectivity index (χ4v) is 1.95. The number of nitrogens with one attached hydrogen (secondary N) is 2. The van der Waals surface area contributed by atoms with Gasteiger partial charge >= 0.3 is 5.97 Å². The zero-order valence-electron chi connectivity index (χ0n) is 13.9. The maximum Gasteiger partial charge on any atom is 0.308 e. The van der Waals surface area contributed by atoms with Gasteiger partial charge in [-0.15, -0.1) is 0 Å². The Kier molecular flexibility index (Phi) is 6.30. The standard InChI is InChI=1S/C17H24N2O4/c1-11(15(21)22)14(12-8-6-5-7-9-12)19-13(20)10-18-16(23)17(2,3)4/h5-9,11,14H,10H2,1-4H3,(H,18,23)(H,19,20)(H,21,22). The van der Waals surface area contributed by atoms with Crippen molar-refractivity contribution in [1.82, 2.24) is 10.6 Å². The molecule has 0 aliphatic carbocycles. The number of rotatable bonds is 6. The summed E-state index contributed by atoms with van der Waals surface area (Å²) in [6.45, 7) is 6.60. The molecule has 2 atom stereocenters. The zero-order chi connectivity index (χ0) is 17.6. The average Bonchev–Trinajstić information content (AvgIpc) is 2.49. The number of carbonyl (C=O) groups is 3. The number of benzene rings is 1. The van der Waals surface area contributed by atoms with E-state index >= 15 is 0 Å². The van der Waals surface area contributed by atoms with E-state index < -0.39 is 29.3 Å². The minimum atomic E-state index is -1.00. The van der Waals surface area contributed by atoms with Crippen molar-refractivity contribution < 1.29 is 19.5 Å². The highest BCUT2D eigenvalue weighted by atomic mass is 16.4. The summed E-state index contributed by atoms with van der Waals surface area (Å²) in [6, 6.07) is 8.25. The minimum absolute atomic E-state index is 0.189. The van der Waals surface area contributed by atoms with Crippen LogP contribution in [0.25, 0.3) is 0 Å². The van der Waals surface area contributed by atoms with Crippen molar-refractivity contribution in [3.63, 3.8) is 0 Å². The Labute approximate surface area is 136 Å². The van der Waals surface area contributed by atoms with Crippen molar-refractivity contribution in [2.24, 2.45) is 11.3 Å². The van der Waals surface area contributed by atoms with Crippen molar-refractivity contribution in [2.45, 2.75) is 33.7 Å². The lowest BCUT2D eigenvalue weighted by Crippen LogP contribution is -2.44. The van der Waals surface area contributed by atoms with E-state index in [2.05, 4.69) is 10.6 Å². The fourth-order valence-electron chi connectivity index (χ4n) is 1.95. The first-order chi connectivity index (χ1) is 10.6. The molecule has 0 aliphatic heterocycles. The summed E-state index contributed by atoms with van der Waals surface area (Å²) < 4.78 is 0. The summed E-state index contributed by atoms with van der Waals surface area (Å²) in [5.74, 6) is -2.46. The summed E-state index contributed by atoms with van der Waals surface area (Å²) in [6.07, 6.45) is 0. The molecule has 0 spiro atoms. The van der Waals surface area contributed by atoms with Gasteiger partial charge in [0, 0.05) is 5.41 Å². The maximum atomic E-state index is 12.1. The van der Waals surface area contributed by atoms with E-state index in [1.54, 1.807) is 45.0 Å². The van der Waals surface area contributed by atoms with Gasteiger partial charge in [0.2, 0.25) is 11.8 Å². The van der Waals surface area contributed by atoms with Gasteiger partial charge in [0.25, 0.3) is 0 Å². The molecule has 1 aromatic rings. The molecule has 1 aromatic carbocycles. The Morgan fingerprint density at radius 2 is 1.70 bits per heavy atom. The van der Waals surface area contributed by atoms with E-state index in [1.807, 2.05) is 6.07 Å². The maximum absolute atomic E-state index is 12.1. The Morgan fingerprint density at radius 1 is 1.13 bits per heavy atom. The molecule has 2 amide bonds. The van der Waals surface area contributed by atoms with E-state index in [0.29, 0.717) is 5.56 Å². The summed E-state index contributed by atoms with van der Waals surface area (Å²) in [4.78, 5) is 35.1. The normalized spacial score (nSPS) is 13.7. The van der Waals surface area contributed by atoms with Crippen LogP contribution in [0.4, 0.5) is 0 Å². The van der Waals surface area contributed by atoms with E-state index in [-0.39, 0.29) is 12.5 Å². The second kappa shape index (κ2) is 7.76. The third-order valence-electron chi connectivity index (χ3n) is 3.46. The number of aliphatic carboxylic acids is 1. The quantitative estimate of drug-likeness (QED) is 0.744. The summed E-state index contributed by atoms with van der Waals surface area (Å²) in [5, 5.41) is 14.5. The summed E-state index contributed by atoms with van der Waals surface area (Å²) in [7, 11) is 0. The van der Waals surface area contributed by atoms with E-state index in [4.69, 9.17) is 0 Å². The number of hydrogen-bond donors (Lipinski definition) is 3. The number of hydrogen-bond acceptors (Lipinski definition) is 3. The number of amides is 2. The van der Waals surface area contributed by atoms with E-state index in [0.717, 1.165) is 0 Å². The van der Waals surface area contributed by atoms with Crippen LogP contribution in [0.2, 0.25) is 0 Å². The van der Waals surface area contributed by atoms with Gasteiger partial charge in [0.05, 0.1) is 18.5 Å². The van der Waals surface area contributed by atoms with Crippen molar-refractivity contribution in [3.8, 4) is 0 Å². The van der Waals surface area contributed by atoms with Crippen molar-refractivity contribution >= 4 is 17.8 Å². The SMILES string of the molecule is CC(C(=O)O)C(NC(=O)CNC(=O)C(C)(C)C)c1ccccc1. The van der Waals surface area contributed by atoms with Crippen molar-refractivity contribution in [2.75, 3.05) is 6.54 Å². The summed E-state index contributed by atoms with van der Waals surface area (Å²) >= 11 is 0. The predicted octanol–water partition coefficient (Wildman–Crippen LogP) is 1.73. The average molecular weight is 320 g/mol. The second-order valence-corrected chi connectivity index (χ2v) is 6.52. The Morgan fingerprint density at radius 3 is 2.17 bits per heavy atom. The van der Waals surface area contributed by atoms with Gasteiger partial charge in [-0.3, -0.25) is 14.4 Å². The molecule has 1 rings (SSSR count). The van der Waals surface area contributed by atoms with Gasteiger partial charge in [-0.2, -0.15) is 0 Å². The van der Waals surface area contributed by atoms with E-state index in [1.165, 1.54) is 6.92 Å². The van der Waals surface area contributed by atoms with Crippen LogP contribution in [0.3, 0.4) is 0 Å². The van der Waals surface area contributed by atoms with Gasteiger partial charge in [0.15, 0.2) is 0 Å². The minimum Gasteiger partial charge on any atom is -0.481 e. The highest BCUT2D eigenvalue weighted by Crippen LogP contribution is 2.22. The van der Waals surface area contributed by atoms with Crippen LogP contribution in [0.15, 0.2) is 30.3 Å². The van der Waals surface area contributed by atoms with Crippen LogP contribution in [-0.4, -0.2) is 29.4 Å². The first-order valence-corrected chi connectivity index (χ1v) is 7.48. The lowest BCUT2D eigenvalue weighted by molar-refractivity contribution is -0.142. The molecule has 0 heterocycles. The van der Waals surface area contributed by atoms with Crippen LogP contribution >= 0.6 is 0 Å². The fraction of sp³-hybridized carbons (Fsp3) is 0.471. The van der Waals surface area contributed by atoms with Gasteiger partial charge < -0.3 is 15.7 Å². The van der Waals surface area contributed by atoms with Crippen LogP contribution in [0.5, 0.6) is 0 Å². The third-order valence-corrected chi connectivity index (χ3v) is 3.46. The number of carbonyl (C=O) groups excluding carboxylic acids is 2. The number of carboxylic acids is 1. The lowest BCUT2D eigenvalue weighted by Gasteiger charge is -2.23. The molecule has 0 saturated carbocycles. The highest BCUT2D eigenvalue weighted by Gasteiger charge is 2.27. The second-order valence-electron chi connectivity index (χ2n) is 6.52. The molecule has 126 valence electrons. The molecule has 6 heteroatoms. The largest absolute Gasteiger partial charge is 0.481 e. The van der Waals surface area contributed by atoms with E-state index in [9.17, 15) is 19.5 Å². The third kappa shape index (κ3) is 5.73. The molecule has 23 heavy (non-hydrogen) atoms. The lowest BCUT2D eigenvalue weighted by atomic mass is 9.94. The van der Waals surface area contributed by atoms with Crippen LogP contribution in [0, 0.1) is 11.3 Å². The van der Waals surface area contributed by atoms with Crippen LogP contribution < -0.4 is 10.6 Å². The van der Waals surface area contributed by atoms with Gasteiger partial charge in [0.1, 0.15) is 0 Å². The topological polar surface area (TPSA) is 95.5 Å². The molecule has 2 unspecified atom stereocenters. The number of carboxylic acid groups (broad SMARTS) is 1. The molecule has 0 radical (unpaired) electrons. The summed E-state index contributed by atoms with van der Waals surface area (Å²) in [5.41, 5.74) is 0.117. The predicted molar refractivity (Wildman–Crippen MR) is 86.6 cm³/mol.